The minimum Gasteiger partial charge on any atom is -0.465 e. The fourth-order valence-electron chi connectivity index (χ4n) is 3.28. The van der Waals surface area contributed by atoms with Crippen molar-refractivity contribution in [3.8, 4) is 0 Å². The Labute approximate surface area is 165 Å². The van der Waals surface area contributed by atoms with Crippen LogP contribution in [0.25, 0.3) is 0 Å². The molecule has 2 fully saturated rings. The van der Waals surface area contributed by atoms with E-state index in [0.717, 1.165) is 5.56 Å². The van der Waals surface area contributed by atoms with Crippen LogP contribution in [0.5, 0.6) is 0 Å². The van der Waals surface area contributed by atoms with E-state index in [4.69, 9.17) is 17.0 Å². The number of thiocarbonyl (C=S) groups is 1. The number of fused-ring (bicyclic) bond motifs is 1. The van der Waals surface area contributed by atoms with Crippen molar-refractivity contribution in [2.45, 2.75) is 11.4 Å². The van der Waals surface area contributed by atoms with Crippen molar-refractivity contribution in [3.05, 3.63) is 65.5 Å². The number of nitrogens with zero attached hydrogens (tertiary/aromatic N) is 2. The number of halogens is 1. The molecule has 0 aliphatic carbocycles. The molecule has 0 N–H and O–H groups in total. The molecule has 138 valence electrons. The molecule has 2 aliphatic rings. The van der Waals surface area contributed by atoms with Crippen LogP contribution in [0.1, 0.15) is 21.3 Å². The molecule has 4 rings (SSSR count). The Kier molecular flexibility index (Phi) is 4.61. The van der Waals surface area contributed by atoms with Gasteiger partial charge in [0.25, 0.3) is 5.91 Å². The minimum absolute atomic E-state index is 0.104. The van der Waals surface area contributed by atoms with E-state index in [1.54, 1.807) is 36.0 Å². The summed E-state index contributed by atoms with van der Waals surface area (Å²) in [4.78, 5) is 27.9. The number of ether oxygens (including phenoxy) is 1. The van der Waals surface area contributed by atoms with Gasteiger partial charge in [-0.2, -0.15) is 0 Å². The van der Waals surface area contributed by atoms with Crippen LogP contribution in [0, 0.1) is 5.82 Å². The summed E-state index contributed by atoms with van der Waals surface area (Å²) in [6, 6.07) is 12.5. The van der Waals surface area contributed by atoms with Crippen molar-refractivity contribution in [2.24, 2.45) is 0 Å². The van der Waals surface area contributed by atoms with Crippen LogP contribution < -0.4 is 4.90 Å². The highest BCUT2D eigenvalue weighted by Crippen LogP contribution is 2.46. The molecule has 2 aromatic carbocycles. The zero-order valence-electron chi connectivity index (χ0n) is 14.3. The first-order chi connectivity index (χ1) is 13.0. The second kappa shape index (κ2) is 6.94. The average molecular weight is 402 g/mol. The molecular formula is C19H15FN2O3S2. The van der Waals surface area contributed by atoms with Gasteiger partial charge in [-0.15, -0.1) is 11.8 Å². The monoisotopic (exact) mass is 402 g/mol. The van der Waals surface area contributed by atoms with E-state index in [-0.39, 0.29) is 23.1 Å². The number of hydrogen-bond acceptors (Lipinski definition) is 5. The smallest absolute Gasteiger partial charge is 0.337 e. The van der Waals surface area contributed by atoms with Crippen LogP contribution in [0.15, 0.2) is 48.5 Å². The normalized spacial score (nSPS) is 21.6. The van der Waals surface area contributed by atoms with Gasteiger partial charge in [0, 0.05) is 5.75 Å². The predicted molar refractivity (Wildman–Crippen MR) is 105 cm³/mol. The van der Waals surface area contributed by atoms with Gasteiger partial charge in [-0.05, 0) is 54.2 Å². The maximum Gasteiger partial charge on any atom is 0.337 e. The molecule has 2 aromatic rings. The lowest BCUT2D eigenvalue weighted by molar-refractivity contribution is -0.119. The van der Waals surface area contributed by atoms with E-state index in [1.807, 2.05) is 17.0 Å². The third-order valence-corrected chi connectivity index (χ3v) is 6.34. The van der Waals surface area contributed by atoms with Crippen molar-refractivity contribution >= 4 is 46.7 Å². The molecule has 0 spiro atoms. The van der Waals surface area contributed by atoms with Gasteiger partial charge < -0.3 is 9.64 Å². The second-order valence-electron chi connectivity index (χ2n) is 6.15. The van der Waals surface area contributed by atoms with Crippen LogP contribution in [-0.2, 0) is 9.53 Å². The molecule has 2 unspecified atom stereocenters. The predicted octanol–water partition coefficient (Wildman–Crippen LogP) is 3.36. The Bertz CT molecular complexity index is 918. The Morgan fingerprint density at radius 2 is 1.85 bits per heavy atom. The summed E-state index contributed by atoms with van der Waals surface area (Å²) < 4.78 is 17.9. The number of carbonyl (C=O) groups excluding carboxylic acids is 2. The van der Waals surface area contributed by atoms with E-state index < -0.39 is 5.97 Å². The SMILES string of the molecule is COC(=O)c1ccc(C2SCC3C(=O)N(c4ccc(F)cc4)C(=S)N32)cc1. The Morgan fingerprint density at radius 3 is 2.48 bits per heavy atom. The van der Waals surface area contributed by atoms with Gasteiger partial charge in [-0.1, -0.05) is 12.1 Å². The molecule has 5 nitrogen and oxygen atoms in total. The number of esters is 1. The van der Waals surface area contributed by atoms with Crippen LogP contribution in [0.2, 0.25) is 0 Å². The van der Waals surface area contributed by atoms with E-state index >= 15 is 0 Å². The molecular weight excluding hydrogens is 387 g/mol. The van der Waals surface area contributed by atoms with Crippen molar-refractivity contribution in [1.29, 1.82) is 0 Å². The number of methoxy groups -OCH3 is 1. The topological polar surface area (TPSA) is 49.9 Å². The van der Waals surface area contributed by atoms with Gasteiger partial charge in [0.1, 0.15) is 17.2 Å². The van der Waals surface area contributed by atoms with Crippen molar-refractivity contribution in [2.75, 3.05) is 17.8 Å². The molecule has 2 heterocycles. The quantitative estimate of drug-likeness (QED) is 0.580. The summed E-state index contributed by atoms with van der Waals surface area (Å²) >= 11 is 7.21. The number of benzene rings is 2. The van der Waals surface area contributed by atoms with Crippen LogP contribution in [0.3, 0.4) is 0 Å². The zero-order chi connectivity index (χ0) is 19.1. The molecule has 0 bridgehead atoms. The van der Waals surface area contributed by atoms with Crippen molar-refractivity contribution in [3.63, 3.8) is 0 Å². The standard InChI is InChI=1S/C19H15FN2O3S2/c1-25-18(24)12-4-2-11(3-5-12)17-22-15(10-27-17)16(23)21(19(22)26)14-8-6-13(20)7-9-14/h2-9,15,17H,10H2,1H3. The number of hydrogen-bond donors (Lipinski definition) is 0. The maximum absolute atomic E-state index is 13.2. The van der Waals surface area contributed by atoms with E-state index in [0.29, 0.717) is 22.1 Å². The number of amides is 1. The van der Waals surface area contributed by atoms with Gasteiger partial charge in [0.15, 0.2) is 5.11 Å². The van der Waals surface area contributed by atoms with Gasteiger partial charge in [-0.25, -0.2) is 9.18 Å². The highest BCUT2D eigenvalue weighted by atomic mass is 32.2. The molecule has 1 amide bonds. The molecule has 0 radical (unpaired) electrons. The first-order valence-electron chi connectivity index (χ1n) is 8.23. The zero-order valence-corrected chi connectivity index (χ0v) is 15.9. The van der Waals surface area contributed by atoms with Crippen LogP contribution in [0.4, 0.5) is 10.1 Å². The van der Waals surface area contributed by atoms with Crippen LogP contribution in [-0.4, -0.2) is 40.8 Å². The summed E-state index contributed by atoms with van der Waals surface area (Å²) in [5.74, 6) is -0.253. The Morgan fingerprint density at radius 1 is 1.19 bits per heavy atom. The lowest BCUT2D eigenvalue weighted by Gasteiger charge is -2.25. The lowest BCUT2D eigenvalue weighted by Crippen LogP contribution is -2.33. The first kappa shape index (κ1) is 17.9. The number of carbonyl (C=O) groups is 2. The molecule has 27 heavy (non-hydrogen) atoms. The number of thioether (sulfide) groups is 1. The highest BCUT2D eigenvalue weighted by Gasteiger charge is 2.50. The Hall–Kier alpha value is -2.45. The maximum atomic E-state index is 13.2. The lowest BCUT2D eigenvalue weighted by atomic mass is 10.1. The van der Waals surface area contributed by atoms with Gasteiger partial charge in [0.2, 0.25) is 0 Å². The fourth-order valence-corrected chi connectivity index (χ4v) is 5.19. The largest absolute Gasteiger partial charge is 0.465 e. The minimum atomic E-state index is -0.396. The van der Waals surface area contributed by atoms with Gasteiger partial charge in [-0.3, -0.25) is 9.69 Å². The molecule has 0 aromatic heterocycles. The summed E-state index contributed by atoms with van der Waals surface area (Å²) in [5.41, 5.74) is 1.98. The number of anilines is 1. The van der Waals surface area contributed by atoms with E-state index in [2.05, 4.69) is 0 Å². The number of rotatable bonds is 3. The van der Waals surface area contributed by atoms with E-state index in [1.165, 1.54) is 24.1 Å². The van der Waals surface area contributed by atoms with Crippen LogP contribution >= 0.6 is 24.0 Å². The summed E-state index contributed by atoms with van der Waals surface area (Å²) in [7, 11) is 1.34. The molecule has 2 saturated heterocycles. The summed E-state index contributed by atoms with van der Waals surface area (Å²) in [6.07, 6.45) is 0. The van der Waals surface area contributed by atoms with Crippen molar-refractivity contribution in [1.82, 2.24) is 4.90 Å². The van der Waals surface area contributed by atoms with E-state index in [9.17, 15) is 14.0 Å². The summed E-state index contributed by atoms with van der Waals surface area (Å²) in [5, 5.41) is 0.284. The second-order valence-corrected chi connectivity index (χ2v) is 7.63. The summed E-state index contributed by atoms with van der Waals surface area (Å²) in [6.45, 7) is 0. The Balaban J connectivity index is 1.62. The molecule has 8 heteroatoms. The fraction of sp³-hybridized carbons (Fsp3) is 0.211. The third kappa shape index (κ3) is 2.98. The molecule has 0 saturated carbocycles. The average Bonchev–Trinajstić information content (AvgIpc) is 3.23. The van der Waals surface area contributed by atoms with Crippen molar-refractivity contribution < 1.29 is 18.7 Å². The van der Waals surface area contributed by atoms with Gasteiger partial charge >= 0.3 is 5.97 Å². The molecule has 2 aliphatic heterocycles. The third-order valence-electron chi connectivity index (χ3n) is 4.62. The highest BCUT2D eigenvalue weighted by molar-refractivity contribution is 7.99. The molecule has 2 atom stereocenters. The first-order valence-corrected chi connectivity index (χ1v) is 9.68. The van der Waals surface area contributed by atoms with Gasteiger partial charge in [0.05, 0.1) is 18.4 Å².